The third-order valence-electron chi connectivity index (χ3n) is 5.72. The molecule has 1 fully saturated rings. The Hall–Kier alpha value is -3.59. The van der Waals surface area contributed by atoms with Crippen LogP contribution in [0.2, 0.25) is 0 Å². The van der Waals surface area contributed by atoms with Gasteiger partial charge in [0.2, 0.25) is 0 Å². The van der Waals surface area contributed by atoms with Crippen LogP contribution in [0.4, 0.5) is 9.18 Å². The number of nitrogens with one attached hydrogen (secondary N) is 2. The van der Waals surface area contributed by atoms with E-state index in [1.54, 1.807) is 19.9 Å². The van der Waals surface area contributed by atoms with E-state index in [0.717, 1.165) is 4.90 Å². The van der Waals surface area contributed by atoms with Crippen LogP contribution in [0.25, 0.3) is 11.1 Å². The smallest absolute Gasteiger partial charge is 0.325 e. The maximum absolute atomic E-state index is 14.3. The molecule has 1 heterocycles. The maximum Gasteiger partial charge on any atom is 0.325 e. The fourth-order valence-electron chi connectivity index (χ4n) is 3.80. The van der Waals surface area contributed by atoms with Gasteiger partial charge in [-0.2, -0.15) is 0 Å². The summed E-state index contributed by atoms with van der Waals surface area (Å²) in [4.78, 5) is 48.9. The number of benzene rings is 2. The molecule has 1 aromatic carbocycles. The number of halogens is 1. The molecule has 3 aliphatic rings. The number of ketones is 1. The number of carbonyl (C=O) groups excluding carboxylic acids is 4. The lowest BCUT2D eigenvalue weighted by Crippen LogP contribution is -2.52. The van der Waals surface area contributed by atoms with E-state index in [9.17, 15) is 23.6 Å². The van der Waals surface area contributed by atoms with E-state index in [4.69, 9.17) is 5.21 Å². The third-order valence-corrected chi connectivity index (χ3v) is 5.72. The molecule has 0 spiro atoms. The third kappa shape index (κ3) is 4.93. The van der Waals surface area contributed by atoms with Crippen molar-refractivity contribution >= 4 is 23.6 Å². The van der Waals surface area contributed by atoms with Crippen LogP contribution in [-0.2, 0) is 16.0 Å². The molecule has 4 rings (SSSR count). The quantitative estimate of drug-likeness (QED) is 0.219. The molecule has 9 heteroatoms. The van der Waals surface area contributed by atoms with E-state index in [2.05, 4.69) is 29.6 Å². The molecule has 0 bridgehead atoms. The lowest BCUT2D eigenvalue weighted by molar-refractivity contribution is -0.142. The van der Waals surface area contributed by atoms with Crippen molar-refractivity contribution in [1.82, 2.24) is 15.7 Å². The highest BCUT2D eigenvalue weighted by Gasteiger charge is 2.45. The van der Waals surface area contributed by atoms with Crippen LogP contribution in [0.1, 0.15) is 43.1 Å². The predicted molar refractivity (Wildman–Crippen MR) is 118 cm³/mol. The summed E-state index contributed by atoms with van der Waals surface area (Å²) in [7, 11) is 0. The Kier molecular flexibility index (Phi) is 7.23. The Morgan fingerprint density at radius 1 is 1.12 bits per heavy atom. The van der Waals surface area contributed by atoms with Crippen LogP contribution >= 0.6 is 0 Å². The number of hydroxylamine groups is 1. The summed E-state index contributed by atoms with van der Waals surface area (Å²) in [6, 6.07) is 10.1. The fourth-order valence-corrected chi connectivity index (χ4v) is 3.80. The van der Waals surface area contributed by atoms with Gasteiger partial charge in [-0.25, -0.2) is 19.6 Å². The number of urea groups is 1. The summed E-state index contributed by atoms with van der Waals surface area (Å²) in [5, 5.41) is 11.3. The molecule has 1 aliphatic heterocycles. The van der Waals surface area contributed by atoms with E-state index < -0.39 is 47.4 Å². The molecule has 2 atom stereocenters. The standard InChI is InChI=1S/C18H22FN3O5.C6H4/c1-9(2)15(16(24)21-27)22-17(25)13(20-18(22)26)8-7-11-5-4-6-12(10(3)23)14(11)19;1-2-6-4-3-5(1)6/h4-6,9,13,15,27H,7-8H2,1-3H3,(H,20,26)(H,21,24);1-4H. The Morgan fingerprint density at radius 2 is 1.73 bits per heavy atom. The van der Waals surface area contributed by atoms with Crippen molar-refractivity contribution in [3.8, 4) is 11.1 Å². The first-order valence-corrected chi connectivity index (χ1v) is 10.6. The molecule has 0 aromatic heterocycles. The molecule has 174 valence electrons. The first-order valence-electron chi connectivity index (χ1n) is 10.6. The van der Waals surface area contributed by atoms with E-state index >= 15 is 0 Å². The van der Waals surface area contributed by atoms with E-state index in [0.29, 0.717) is 0 Å². The predicted octanol–water partition coefficient (Wildman–Crippen LogP) is 3.08. The zero-order chi connectivity index (χ0) is 24.3. The molecule has 1 aromatic rings. The van der Waals surface area contributed by atoms with E-state index in [-0.39, 0.29) is 24.0 Å². The molecule has 0 radical (unpaired) electrons. The average molecular weight is 455 g/mol. The van der Waals surface area contributed by atoms with E-state index in [1.807, 2.05) is 0 Å². The second-order valence-electron chi connectivity index (χ2n) is 8.33. The van der Waals surface area contributed by atoms with Gasteiger partial charge in [0.15, 0.2) is 5.78 Å². The van der Waals surface area contributed by atoms with Crippen molar-refractivity contribution in [2.24, 2.45) is 5.92 Å². The topological polar surface area (TPSA) is 116 Å². The fraction of sp³-hybridized carbons (Fsp3) is 0.333. The van der Waals surface area contributed by atoms with Crippen LogP contribution in [0.3, 0.4) is 0 Å². The highest BCUT2D eigenvalue weighted by Crippen LogP contribution is 2.29. The van der Waals surface area contributed by atoms with E-state index in [1.165, 1.54) is 35.7 Å². The summed E-state index contributed by atoms with van der Waals surface area (Å²) < 4.78 is 14.3. The number of imide groups is 1. The summed E-state index contributed by atoms with van der Waals surface area (Å²) in [5.74, 6) is -2.95. The molecule has 2 unspecified atom stereocenters. The first kappa shape index (κ1) is 24.1. The van der Waals surface area contributed by atoms with Crippen molar-refractivity contribution in [3.05, 3.63) is 59.4 Å². The van der Waals surface area contributed by atoms with Gasteiger partial charge in [-0.05, 0) is 48.4 Å². The van der Waals surface area contributed by atoms with Crippen molar-refractivity contribution in [1.29, 1.82) is 0 Å². The summed E-state index contributed by atoms with van der Waals surface area (Å²) in [5.41, 5.74) is 4.55. The van der Waals surface area contributed by atoms with Gasteiger partial charge in [-0.1, -0.05) is 50.2 Å². The van der Waals surface area contributed by atoms with Crippen molar-refractivity contribution in [2.45, 2.75) is 45.7 Å². The minimum atomic E-state index is -1.16. The SMILES string of the molecule is CC(=O)c1cccc(CCC2NC(=O)N(C(C(=O)NO)C(C)C)C2=O)c1F.c1cc2ccc1-2. The minimum absolute atomic E-state index is 0.0320. The second-order valence-corrected chi connectivity index (χ2v) is 8.33. The maximum atomic E-state index is 14.3. The molecule has 8 nitrogen and oxygen atoms in total. The molecular weight excluding hydrogens is 429 g/mol. The Bertz CT molecular complexity index is 1060. The van der Waals surface area contributed by atoms with Gasteiger partial charge in [0.25, 0.3) is 11.8 Å². The second kappa shape index (κ2) is 9.91. The molecule has 33 heavy (non-hydrogen) atoms. The number of hydrogen-bond donors (Lipinski definition) is 3. The van der Waals surface area contributed by atoms with Crippen molar-refractivity contribution in [2.75, 3.05) is 0 Å². The molecule has 2 aliphatic carbocycles. The first-order chi connectivity index (χ1) is 15.6. The van der Waals surface area contributed by atoms with Gasteiger partial charge in [0, 0.05) is 0 Å². The summed E-state index contributed by atoms with van der Waals surface area (Å²) >= 11 is 0. The molecular formula is C24H26FN3O5. The van der Waals surface area contributed by atoms with Crippen LogP contribution in [-0.4, -0.2) is 45.8 Å². The Balaban J connectivity index is 0.000000431. The number of Topliss-reactive ketones (excluding diaryl/α,β-unsaturated/α-hetero) is 1. The van der Waals surface area contributed by atoms with Gasteiger partial charge >= 0.3 is 6.03 Å². The minimum Gasteiger partial charge on any atom is -0.326 e. The van der Waals surface area contributed by atoms with Crippen LogP contribution < -0.4 is 10.8 Å². The van der Waals surface area contributed by atoms with Gasteiger partial charge in [-0.15, -0.1) is 0 Å². The van der Waals surface area contributed by atoms with Crippen LogP contribution in [0, 0.1) is 11.7 Å². The summed E-state index contributed by atoms with van der Waals surface area (Å²) in [6.45, 7) is 4.53. The zero-order valence-electron chi connectivity index (χ0n) is 18.6. The van der Waals surface area contributed by atoms with Crippen molar-refractivity contribution < 1.29 is 28.8 Å². The lowest BCUT2D eigenvalue weighted by atomic mass is 9.95. The Labute approximate surface area is 190 Å². The number of rotatable bonds is 7. The van der Waals surface area contributed by atoms with Gasteiger partial charge in [0.05, 0.1) is 5.56 Å². The van der Waals surface area contributed by atoms with Gasteiger partial charge in [0.1, 0.15) is 17.9 Å². The number of fused-ring (bicyclic) bond motifs is 1. The number of nitrogens with zero attached hydrogens (tertiary/aromatic N) is 1. The lowest BCUT2D eigenvalue weighted by Gasteiger charge is -2.26. The number of aryl methyl sites for hydroxylation is 1. The van der Waals surface area contributed by atoms with Crippen molar-refractivity contribution in [3.63, 3.8) is 0 Å². The highest BCUT2D eigenvalue weighted by atomic mass is 19.1. The zero-order valence-corrected chi connectivity index (χ0v) is 18.6. The molecule has 4 amide bonds. The molecule has 3 N–H and O–H groups in total. The molecule has 0 saturated carbocycles. The Morgan fingerprint density at radius 3 is 2.18 bits per heavy atom. The summed E-state index contributed by atoms with van der Waals surface area (Å²) in [6.07, 6.45) is 0.223. The van der Waals surface area contributed by atoms with Crippen LogP contribution in [0.15, 0.2) is 42.5 Å². The van der Waals surface area contributed by atoms with Crippen LogP contribution in [0.5, 0.6) is 0 Å². The monoisotopic (exact) mass is 455 g/mol. The number of carbonyl (C=O) groups is 4. The number of hydrogen-bond acceptors (Lipinski definition) is 5. The molecule has 1 saturated heterocycles. The van der Waals surface area contributed by atoms with Gasteiger partial charge in [-0.3, -0.25) is 19.6 Å². The largest absolute Gasteiger partial charge is 0.326 e. The normalized spacial score (nSPS) is 16.7. The average Bonchev–Trinajstić information content (AvgIpc) is 3.03. The number of amides is 4. The van der Waals surface area contributed by atoms with Gasteiger partial charge < -0.3 is 5.32 Å². The highest BCUT2D eigenvalue weighted by molar-refractivity contribution is 6.07.